The van der Waals surface area contributed by atoms with E-state index in [-0.39, 0.29) is 0 Å². The summed E-state index contributed by atoms with van der Waals surface area (Å²) in [5.41, 5.74) is 8.81. The van der Waals surface area contributed by atoms with E-state index in [9.17, 15) is 0 Å². The van der Waals surface area contributed by atoms with E-state index in [2.05, 4.69) is 107 Å². The van der Waals surface area contributed by atoms with Gasteiger partial charge in [-0.25, -0.2) is 0 Å². The number of aromatic nitrogens is 3. The molecule has 0 aromatic heterocycles. The normalized spacial score (nSPS) is 13.6. The summed E-state index contributed by atoms with van der Waals surface area (Å²) in [6, 6.07) is 30.3. The van der Waals surface area contributed by atoms with Gasteiger partial charge in [0.1, 0.15) is 5.69 Å². The fourth-order valence-corrected chi connectivity index (χ4v) is 5.50. The predicted octanol–water partition coefficient (Wildman–Crippen LogP) is 5.46. The van der Waals surface area contributed by atoms with E-state index < -0.39 is 0 Å². The summed E-state index contributed by atoms with van der Waals surface area (Å²) in [6.07, 6.45) is 6.12. The van der Waals surface area contributed by atoms with Crippen LogP contribution in [-0.2, 0) is 0 Å². The van der Waals surface area contributed by atoms with Crippen molar-refractivity contribution in [3.63, 3.8) is 0 Å². The molecule has 0 fully saturated rings. The zero-order chi connectivity index (χ0) is 22.2. The van der Waals surface area contributed by atoms with Crippen molar-refractivity contribution in [1.29, 1.82) is 0 Å². The molecule has 34 heavy (non-hydrogen) atoms. The summed E-state index contributed by atoms with van der Waals surface area (Å²) in [5, 5.41) is 16.4. The molecule has 0 unspecified atom stereocenters. The summed E-state index contributed by atoms with van der Waals surface area (Å²) >= 11 is 0. The average molecular weight is 431 g/mol. The molecule has 0 amide bonds. The van der Waals surface area contributed by atoms with Crippen molar-refractivity contribution in [3.8, 4) is 33.5 Å². The van der Waals surface area contributed by atoms with Crippen molar-refractivity contribution in [2.24, 2.45) is 0 Å². The Morgan fingerprint density at radius 3 is 1.97 bits per heavy atom. The minimum atomic E-state index is 0.800. The van der Waals surface area contributed by atoms with Gasteiger partial charge >= 0.3 is 0 Å². The van der Waals surface area contributed by atoms with E-state index in [0.717, 1.165) is 22.6 Å². The third-order valence-electron chi connectivity index (χ3n) is 7.07. The molecular formula is C31H17N3. The lowest BCUT2D eigenvalue weighted by Crippen LogP contribution is -1.96. The van der Waals surface area contributed by atoms with Gasteiger partial charge < -0.3 is 0 Å². The SMILES string of the molecule is C(/c1ccc2c(/C=c3\cc4ccc5cccc3c5-4)nnc-2cn1)=c1/cc2ccc3cccc1c3-2. The minimum Gasteiger partial charge on any atom is -0.255 e. The van der Waals surface area contributed by atoms with E-state index in [1.807, 2.05) is 6.20 Å². The zero-order valence-electron chi connectivity index (χ0n) is 18.2. The van der Waals surface area contributed by atoms with Gasteiger partial charge in [-0.05, 0) is 90.7 Å². The quantitative estimate of drug-likeness (QED) is 0.365. The second kappa shape index (κ2) is 6.46. The Kier molecular flexibility index (Phi) is 3.39. The fraction of sp³-hybridized carbons (Fsp3) is 0. The molecule has 2 aromatic rings. The van der Waals surface area contributed by atoms with Gasteiger partial charge in [0.25, 0.3) is 0 Å². The van der Waals surface area contributed by atoms with Crippen LogP contribution in [0, 0.1) is 0 Å². The summed E-state index contributed by atoms with van der Waals surface area (Å²) in [6.45, 7) is 0. The Balaban J connectivity index is 1.28. The van der Waals surface area contributed by atoms with Crippen molar-refractivity contribution in [2.45, 2.75) is 0 Å². The van der Waals surface area contributed by atoms with Crippen LogP contribution in [0.3, 0.4) is 0 Å². The standard InChI is InChI=1S/C31H17N3/c1-3-18-7-9-20-13-22(25(5-1)30(18)20)15-24-11-12-27-28(33-34-29(27)17-32-24)16-23-14-21-10-8-19-4-2-6-26(23)31(19)21/h1-17H/b22-15+,23-16+. The van der Waals surface area contributed by atoms with Crippen LogP contribution in [0.15, 0.2) is 91.1 Å². The largest absolute Gasteiger partial charge is 0.255 e. The molecule has 2 aliphatic heterocycles. The van der Waals surface area contributed by atoms with Gasteiger partial charge in [-0.2, -0.15) is 0 Å². The predicted molar refractivity (Wildman–Crippen MR) is 138 cm³/mol. The zero-order valence-corrected chi connectivity index (χ0v) is 18.2. The number of hydrogen-bond donors (Lipinski definition) is 0. The number of hydrogen-bond acceptors (Lipinski definition) is 3. The maximum Gasteiger partial charge on any atom is 0.113 e. The molecule has 0 saturated carbocycles. The monoisotopic (exact) mass is 431 g/mol. The molecule has 6 aliphatic rings. The van der Waals surface area contributed by atoms with Gasteiger partial charge in [0, 0.05) is 5.56 Å². The maximum absolute atomic E-state index is 4.72. The Bertz CT molecular complexity index is 1970. The smallest absolute Gasteiger partial charge is 0.113 e. The van der Waals surface area contributed by atoms with Gasteiger partial charge in [-0.1, -0.05) is 60.7 Å². The summed E-state index contributed by atoms with van der Waals surface area (Å²) in [5.74, 6) is 0. The summed E-state index contributed by atoms with van der Waals surface area (Å²) < 4.78 is 0. The highest BCUT2D eigenvalue weighted by atomic mass is 15.1. The summed E-state index contributed by atoms with van der Waals surface area (Å²) in [7, 11) is 0. The molecule has 0 atom stereocenters. The van der Waals surface area contributed by atoms with E-state index in [1.165, 1.54) is 54.2 Å². The lowest BCUT2D eigenvalue weighted by molar-refractivity contribution is 1.08. The second-order valence-electron chi connectivity index (χ2n) is 9.01. The van der Waals surface area contributed by atoms with Crippen LogP contribution in [0.1, 0.15) is 11.4 Å². The fourth-order valence-electron chi connectivity index (χ4n) is 5.50. The highest BCUT2D eigenvalue weighted by Crippen LogP contribution is 2.34. The van der Waals surface area contributed by atoms with Gasteiger partial charge in [0.05, 0.1) is 17.6 Å². The Morgan fingerprint density at radius 2 is 1.26 bits per heavy atom. The number of benzene rings is 2. The molecule has 2 heterocycles. The van der Waals surface area contributed by atoms with E-state index in [0.29, 0.717) is 0 Å². The lowest BCUT2D eigenvalue weighted by Gasteiger charge is -1.95. The van der Waals surface area contributed by atoms with Crippen molar-refractivity contribution < 1.29 is 0 Å². The number of fused-ring (bicyclic) bond motifs is 1. The van der Waals surface area contributed by atoms with Crippen molar-refractivity contribution in [3.05, 3.63) is 113 Å². The molecule has 0 radical (unpaired) electrons. The van der Waals surface area contributed by atoms with E-state index in [1.54, 1.807) is 0 Å². The molecule has 3 nitrogen and oxygen atoms in total. The van der Waals surface area contributed by atoms with Crippen LogP contribution < -0.4 is 10.4 Å². The lowest BCUT2D eigenvalue weighted by atomic mass is 10.1. The molecule has 0 N–H and O–H groups in total. The van der Waals surface area contributed by atoms with Crippen LogP contribution in [0.25, 0.3) is 67.2 Å². The van der Waals surface area contributed by atoms with E-state index in [4.69, 9.17) is 4.98 Å². The molecule has 156 valence electrons. The average Bonchev–Trinajstić information content (AvgIpc) is 3.65. The molecule has 0 bridgehead atoms. The molecular weight excluding hydrogens is 414 g/mol. The van der Waals surface area contributed by atoms with Gasteiger partial charge in [-0.15, -0.1) is 10.2 Å². The first-order valence-corrected chi connectivity index (χ1v) is 11.4. The molecule has 2 aromatic carbocycles. The molecule has 0 saturated heterocycles. The van der Waals surface area contributed by atoms with Gasteiger partial charge in [-0.3, -0.25) is 4.98 Å². The second-order valence-corrected chi connectivity index (χ2v) is 9.01. The molecule has 4 aliphatic carbocycles. The minimum absolute atomic E-state index is 0.800. The molecule has 3 heteroatoms. The van der Waals surface area contributed by atoms with Crippen molar-refractivity contribution in [1.82, 2.24) is 15.2 Å². The number of rotatable bonds is 2. The maximum atomic E-state index is 4.72. The van der Waals surface area contributed by atoms with E-state index >= 15 is 0 Å². The molecule has 8 rings (SSSR count). The molecule has 0 spiro atoms. The van der Waals surface area contributed by atoms with Gasteiger partial charge in [0.15, 0.2) is 0 Å². The van der Waals surface area contributed by atoms with Crippen LogP contribution in [-0.4, -0.2) is 15.2 Å². The van der Waals surface area contributed by atoms with Crippen LogP contribution >= 0.6 is 0 Å². The Morgan fingerprint density at radius 1 is 0.588 bits per heavy atom. The van der Waals surface area contributed by atoms with Crippen LogP contribution in [0.4, 0.5) is 0 Å². The third-order valence-corrected chi connectivity index (χ3v) is 7.07. The van der Waals surface area contributed by atoms with Gasteiger partial charge in [0.2, 0.25) is 0 Å². The topological polar surface area (TPSA) is 38.7 Å². The van der Waals surface area contributed by atoms with Crippen molar-refractivity contribution in [2.75, 3.05) is 0 Å². The first kappa shape index (κ1) is 17.9. The first-order chi connectivity index (χ1) is 16.8. The highest BCUT2D eigenvalue weighted by molar-refractivity contribution is 6.03. The van der Waals surface area contributed by atoms with Crippen LogP contribution in [0.2, 0.25) is 0 Å². The Hall–Kier alpha value is -4.63. The van der Waals surface area contributed by atoms with Crippen molar-refractivity contribution >= 4 is 33.7 Å². The third kappa shape index (κ3) is 2.44. The highest BCUT2D eigenvalue weighted by Gasteiger charge is 2.16. The summed E-state index contributed by atoms with van der Waals surface area (Å²) in [4.78, 5) is 4.72. The first-order valence-electron chi connectivity index (χ1n) is 11.4. The number of nitrogens with zero attached hydrogens (tertiary/aromatic N) is 3. The Labute approximate surface area is 195 Å². The van der Waals surface area contributed by atoms with Crippen LogP contribution in [0.5, 0.6) is 0 Å².